The van der Waals surface area contributed by atoms with E-state index in [-0.39, 0.29) is 18.6 Å². The third kappa shape index (κ3) is 3.83. The summed E-state index contributed by atoms with van der Waals surface area (Å²) < 4.78 is 5.09. The van der Waals surface area contributed by atoms with E-state index in [1.165, 1.54) is 0 Å². The first kappa shape index (κ1) is 14.6. The van der Waals surface area contributed by atoms with Crippen LogP contribution in [0, 0.1) is 13.8 Å². The largest absolute Gasteiger partial charge is 0.452 e. The molecule has 4 nitrogen and oxygen atoms in total. The minimum Gasteiger partial charge on any atom is -0.452 e. The molecule has 1 aliphatic carbocycles. The van der Waals surface area contributed by atoms with E-state index >= 15 is 0 Å². The monoisotopic (exact) mass is 275 g/mol. The number of hydrogen-bond donors (Lipinski definition) is 1. The highest BCUT2D eigenvalue weighted by Gasteiger charge is 2.18. The first-order chi connectivity index (χ1) is 9.56. The third-order valence-corrected chi connectivity index (χ3v) is 3.67. The molecule has 0 heterocycles. The Morgan fingerprint density at radius 3 is 2.65 bits per heavy atom. The lowest BCUT2D eigenvalue weighted by Gasteiger charge is -2.12. The quantitative estimate of drug-likeness (QED) is 0.859. The molecule has 1 aromatic rings. The molecule has 0 bridgehead atoms. The second kappa shape index (κ2) is 6.55. The molecular formula is C16H21NO3. The van der Waals surface area contributed by atoms with Crippen LogP contribution in [0.3, 0.4) is 0 Å². The van der Waals surface area contributed by atoms with Gasteiger partial charge in [-0.25, -0.2) is 4.79 Å². The fourth-order valence-electron chi connectivity index (χ4n) is 2.50. The molecule has 1 aliphatic rings. The van der Waals surface area contributed by atoms with Crippen LogP contribution in [0.15, 0.2) is 18.2 Å². The number of aryl methyl sites for hydroxylation is 2. The zero-order valence-corrected chi connectivity index (χ0v) is 12.1. The molecule has 0 radical (unpaired) electrons. The summed E-state index contributed by atoms with van der Waals surface area (Å²) in [6, 6.07) is 5.86. The number of benzene rings is 1. The molecule has 108 valence electrons. The van der Waals surface area contributed by atoms with Crippen molar-refractivity contribution in [2.75, 3.05) is 6.61 Å². The highest BCUT2D eigenvalue weighted by Crippen LogP contribution is 2.17. The minimum atomic E-state index is -0.437. The van der Waals surface area contributed by atoms with Gasteiger partial charge in [0.25, 0.3) is 5.91 Å². The van der Waals surface area contributed by atoms with Gasteiger partial charge in [-0.1, -0.05) is 30.5 Å². The van der Waals surface area contributed by atoms with Gasteiger partial charge < -0.3 is 10.1 Å². The second-order valence-electron chi connectivity index (χ2n) is 5.44. The number of amides is 1. The number of hydrogen-bond acceptors (Lipinski definition) is 3. The summed E-state index contributed by atoms with van der Waals surface area (Å²) in [5.41, 5.74) is 2.38. The van der Waals surface area contributed by atoms with Crippen molar-refractivity contribution in [3.8, 4) is 0 Å². The predicted molar refractivity (Wildman–Crippen MR) is 76.6 cm³/mol. The van der Waals surface area contributed by atoms with Crippen molar-refractivity contribution in [1.29, 1.82) is 0 Å². The second-order valence-corrected chi connectivity index (χ2v) is 5.44. The van der Waals surface area contributed by atoms with Crippen molar-refractivity contribution in [2.45, 2.75) is 45.6 Å². The van der Waals surface area contributed by atoms with Crippen molar-refractivity contribution in [3.63, 3.8) is 0 Å². The van der Waals surface area contributed by atoms with E-state index in [1.807, 2.05) is 26.0 Å². The van der Waals surface area contributed by atoms with Gasteiger partial charge in [-0.05, 0) is 38.3 Å². The summed E-state index contributed by atoms with van der Waals surface area (Å²) in [6.07, 6.45) is 4.37. The number of ether oxygens (including phenoxy) is 1. The van der Waals surface area contributed by atoms with Gasteiger partial charge in [0.2, 0.25) is 0 Å². The Labute approximate surface area is 119 Å². The number of carbonyl (C=O) groups excluding carboxylic acids is 2. The smallest absolute Gasteiger partial charge is 0.338 e. The summed E-state index contributed by atoms with van der Waals surface area (Å²) in [5, 5.41) is 2.90. The predicted octanol–water partition coefficient (Wildman–Crippen LogP) is 2.52. The molecule has 4 heteroatoms. The molecule has 1 fully saturated rings. The summed E-state index contributed by atoms with van der Waals surface area (Å²) in [5.74, 6) is -0.650. The normalized spacial score (nSPS) is 15.1. The van der Waals surface area contributed by atoms with Gasteiger partial charge in [0.05, 0.1) is 5.56 Å². The lowest BCUT2D eigenvalue weighted by molar-refractivity contribution is -0.124. The number of nitrogens with one attached hydrogen (secondary N) is 1. The Kier molecular flexibility index (Phi) is 4.77. The Morgan fingerprint density at radius 2 is 1.95 bits per heavy atom. The SMILES string of the molecule is Cc1ccc(C)c(C(=O)OCC(=O)NC2CCCC2)c1. The van der Waals surface area contributed by atoms with Crippen LogP contribution in [0.25, 0.3) is 0 Å². The highest BCUT2D eigenvalue weighted by atomic mass is 16.5. The fraction of sp³-hybridized carbons (Fsp3) is 0.500. The van der Waals surface area contributed by atoms with Crippen LogP contribution in [0.5, 0.6) is 0 Å². The first-order valence-electron chi connectivity index (χ1n) is 7.10. The van der Waals surface area contributed by atoms with E-state index in [0.29, 0.717) is 5.56 Å². The van der Waals surface area contributed by atoms with Crippen LogP contribution in [0.1, 0.15) is 47.2 Å². The molecule has 1 amide bonds. The van der Waals surface area contributed by atoms with Gasteiger partial charge >= 0.3 is 5.97 Å². The van der Waals surface area contributed by atoms with E-state index < -0.39 is 5.97 Å². The Bertz CT molecular complexity index is 504. The van der Waals surface area contributed by atoms with Crippen LogP contribution in [-0.4, -0.2) is 24.5 Å². The molecule has 1 N–H and O–H groups in total. The first-order valence-corrected chi connectivity index (χ1v) is 7.10. The maximum atomic E-state index is 12.0. The van der Waals surface area contributed by atoms with Crippen LogP contribution < -0.4 is 5.32 Å². The highest BCUT2D eigenvalue weighted by molar-refractivity contribution is 5.92. The molecule has 0 spiro atoms. The summed E-state index contributed by atoms with van der Waals surface area (Å²) in [4.78, 5) is 23.7. The van der Waals surface area contributed by atoms with E-state index in [1.54, 1.807) is 6.07 Å². The van der Waals surface area contributed by atoms with E-state index in [4.69, 9.17) is 4.74 Å². The van der Waals surface area contributed by atoms with Gasteiger partial charge in [-0.2, -0.15) is 0 Å². The zero-order valence-electron chi connectivity index (χ0n) is 12.1. The Morgan fingerprint density at radius 1 is 1.25 bits per heavy atom. The molecule has 0 saturated heterocycles. The average Bonchev–Trinajstić information content (AvgIpc) is 2.91. The summed E-state index contributed by atoms with van der Waals surface area (Å²) in [7, 11) is 0. The number of carbonyl (C=O) groups is 2. The molecule has 0 unspecified atom stereocenters. The Hall–Kier alpha value is -1.84. The number of rotatable bonds is 4. The van der Waals surface area contributed by atoms with Crippen LogP contribution >= 0.6 is 0 Å². The van der Waals surface area contributed by atoms with Gasteiger partial charge in [0.1, 0.15) is 0 Å². The molecule has 0 aliphatic heterocycles. The molecule has 1 aromatic carbocycles. The van der Waals surface area contributed by atoms with Crippen molar-refractivity contribution in [2.24, 2.45) is 0 Å². The fourth-order valence-corrected chi connectivity index (χ4v) is 2.50. The van der Waals surface area contributed by atoms with Crippen molar-refractivity contribution < 1.29 is 14.3 Å². The van der Waals surface area contributed by atoms with Crippen molar-refractivity contribution in [3.05, 3.63) is 34.9 Å². The van der Waals surface area contributed by atoms with Gasteiger partial charge in [0, 0.05) is 6.04 Å². The standard InChI is InChI=1S/C16H21NO3/c1-11-7-8-12(2)14(9-11)16(19)20-10-15(18)17-13-5-3-4-6-13/h7-9,13H,3-6,10H2,1-2H3,(H,17,18). The van der Waals surface area contributed by atoms with Gasteiger partial charge in [0.15, 0.2) is 6.61 Å². The van der Waals surface area contributed by atoms with E-state index in [0.717, 1.165) is 36.8 Å². The maximum absolute atomic E-state index is 12.0. The molecular weight excluding hydrogens is 254 g/mol. The maximum Gasteiger partial charge on any atom is 0.338 e. The molecule has 1 saturated carbocycles. The minimum absolute atomic E-state index is 0.206. The van der Waals surface area contributed by atoms with Crippen LogP contribution in [-0.2, 0) is 9.53 Å². The summed E-state index contributed by atoms with van der Waals surface area (Å²) >= 11 is 0. The molecule has 0 aromatic heterocycles. The summed E-state index contributed by atoms with van der Waals surface area (Å²) in [6.45, 7) is 3.57. The van der Waals surface area contributed by atoms with E-state index in [2.05, 4.69) is 5.32 Å². The Balaban J connectivity index is 1.85. The molecule has 20 heavy (non-hydrogen) atoms. The van der Waals surface area contributed by atoms with E-state index in [9.17, 15) is 9.59 Å². The molecule has 0 atom stereocenters. The van der Waals surface area contributed by atoms with Crippen LogP contribution in [0.4, 0.5) is 0 Å². The lowest BCUT2D eigenvalue weighted by atomic mass is 10.1. The zero-order chi connectivity index (χ0) is 14.5. The topological polar surface area (TPSA) is 55.4 Å². The lowest BCUT2D eigenvalue weighted by Crippen LogP contribution is -2.35. The van der Waals surface area contributed by atoms with Gasteiger partial charge in [-0.15, -0.1) is 0 Å². The van der Waals surface area contributed by atoms with Gasteiger partial charge in [-0.3, -0.25) is 4.79 Å². The van der Waals surface area contributed by atoms with Crippen LogP contribution in [0.2, 0.25) is 0 Å². The average molecular weight is 275 g/mol. The van der Waals surface area contributed by atoms with Crippen molar-refractivity contribution >= 4 is 11.9 Å². The van der Waals surface area contributed by atoms with Crippen molar-refractivity contribution in [1.82, 2.24) is 5.32 Å². The molecule has 2 rings (SSSR count). The third-order valence-electron chi connectivity index (χ3n) is 3.67. The number of esters is 1.